The predicted molar refractivity (Wildman–Crippen MR) is 210 cm³/mol. The quantitative estimate of drug-likeness (QED) is 0.163. The molecule has 1 aromatic heterocycles. The maximum Gasteiger partial charge on any atom is 0.242 e. The van der Waals surface area contributed by atoms with E-state index in [0.29, 0.717) is 6.42 Å². The van der Waals surface area contributed by atoms with Gasteiger partial charge >= 0.3 is 0 Å². The number of hydrogen-bond donors (Lipinski definition) is 0. The van der Waals surface area contributed by atoms with Gasteiger partial charge in [-0.05, 0) is 84.9 Å². The van der Waals surface area contributed by atoms with Crippen LogP contribution in [-0.2, 0) is 10.6 Å². The maximum atomic E-state index is 6.84. The van der Waals surface area contributed by atoms with E-state index in [1.807, 2.05) is 48.2 Å². The summed E-state index contributed by atoms with van der Waals surface area (Å²) in [7, 11) is 3.38. The predicted octanol–water partition coefficient (Wildman–Crippen LogP) is 8.87. The summed E-state index contributed by atoms with van der Waals surface area (Å²) in [6.45, 7) is 3.59. The number of amidine groups is 1. The largest absolute Gasteiger partial charge is 0.497 e. The van der Waals surface area contributed by atoms with Crippen molar-refractivity contribution in [2.75, 3.05) is 55.1 Å². The average Bonchev–Trinajstić information content (AvgIpc) is 3.53. The molecule has 3 aliphatic heterocycles. The van der Waals surface area contributed by atoms with Crippen LogP contribution in [0.25, 0.3) is 10.9 Å². The number of hydrogen-bond acceptors (Lipinski definition) is 9. The van der Waals surface area contributed by atoms with E-state index in [9.17, 15) is 0 Å². The smallest absolute Gasteiger partial charge is 0.242 e. The van der Waals surface area contributed by atoms with Crippen LogP contribution < -0.4 is 24.2 Å². The number of thioether (sulfide) groups is 1. The fourth-order valence-electron chi connectivity index (χ4n) is 7.67. The number of para-hydroxylation sites is 3. The summed E-state index contributed by atoms with van der Waals surface area (Å²) in [6.07, 6.45) is 0.610. The van der Waals surface area contributed by atoms with Gasteiger partial charge in [0, 0.05) is 70.5 Å². The van der Waals surface area contributed by atoms with Crippen molar-refractivity contribution in [2.45, 2.75) is 22.3 Å². The van der Waals surface area contributed by atoms with Gasteiger partial charge in [-0.15, -0.1) is 11.8 Å². The Balaban J connectivity index is 1.18. The highest BCUT2D eigenvalue weighted by atomic mass is 32.2. The summed E-state index contributed by atoms with van der Waals surface area (Å²) >= 11 is 1.88. The van der Waals surface area contributed by atoms with E-state index in [1.54, 1.807) is 14.2 Å². The van der Waals surface area contributed by atoms with Crippen LogP contribution in [0.15, 0.2) is 144 Å². The summed E-state index contributed by atoms with van der Waals surface area (Å²) in [5, 5.41) is 5.99. The number of nitrogens with zero attached hydrogens (tertiary/aromatic N) is 5. The Hall–Kier alpha value is -5.67. The van der Waals surface area contributed by atoms with Gasteiger partial charge in [0.25, 0.3) is 0 Å². The third kappa shape index (κ3) is 5.65. The molecule has 52 heavy (non-hydrogen) atoms. The third-order valence-corrected chi connectivity index (χ3v) is 11.7. The van der Waals surface area contributed by atoms with E-state index >= 15 is 0 Å². The molecule has 0 spiro atoms. The molecule has 0 radical (unpaired) electrons. The van der Waals surface area contributed by atoms with Crippen molar-refractivity contribution in [3.8, 4) is 11.5 Å². The van der Waals surface area contributed by atoms with Crippen LogP contribution in [0.2, 0.25) is 0 Å². The molecule has 9 rings (SSSR count). The van der Waals surface area contributed by atoms with Crippen molar-refractivity contribution < 1.29 is 14.3 Å². The standard InChI is InChI=1S/C43H39N5O3S/c1-49-34-20-16-30(17-21-34)41-45-51-43(32-18-22-35(50-2)23-19-32)29-40(52-39-15-9-8-14-38(39)48(41)43)36-28-31-10-6-7-13-37(31)44-42(36)47-26-24-46(25-27-47)33-11-4-3-5-12-33/h3-23,28,40H,24-27,29H2,1-2H3. The molecule has 0 aliphatic carbocycles. The van der Waals surface area contributed by atoms with Gasteiger partial charge in [0.05, 0.1) is 25.4 Å². The van der Waals surface area contributed by atoms with E-state index in [0.717, 1.165) is 81.9 Å². The lowest BCUT2D eigenvalue weighted by Gasteiger charge is -2.39. The van der Waals surface area contributed by atoms with E-state index in [1.165, 1.54) is 11.3 Å². The second-order valence-electron chi connectivity index (χ2n) is 13.3. The van der Waals surface area contributed by atoms with Gasteiger partial charge < -0.3 is 24.1 Å². The fraction of sp³-hybridized carbons (Fsp3) is 0.209. The topological polar surface area (TPSA) is 62.7 Å². The number of ether oxygens (including phenoxy) is 2. The van der Waals surface area contributed by atoms with Gasteiger partial charge in [0.2, 0.25) is 5.72 Å². The molecule has 1 fully saturated rings. The molecule has 1 saturated heterocycles. The lowest BCUT2D eigenvalue weighted by atomic mass is 9.91. The minimum Gasteiger partial charge on any atom is -0.497 e. The number of anilines is 3. The molecule has 5 aromatic carbocycles. The van der Waals surface area contributed by atoms with Crippen molar-refractivity contribution in [3.63, 3.8) is 0 Å². The van der Waals surface area contributed by atoms with Gasteiger partial charge in [0.1, 0.15) is 17.3 Å². The molecule has 3 aliphatic rings. The molecule has 6 aromatic rings. The van der Waals surface area contributed by atoms with Crippen LogP contribution in [0.3, 0.4) is 0 Å². The van der Waals surface area contributed by atoms with Crippen molar-refractivity contribution in [1.29, 1.82) is 0 Å². The van der Waals surface area contributed by atoms with Gasteiger partial charge in [-0.1, -0.05) is 53.7 Å². The zero-order valence-electron chi connectivity index (χ0n) is 29.2. The van der Waals surface area contributed by atoms with Crippen LogP contribution in [0.4, 0.5) is 17.2 Å². The van der Waals surface area contributed by atoms with Gasteiger partial charge in [0.15, 0.2) is 5.84 Å². The van der Waals surface area contributed by atoms with Crippen LogP contribution >= 0.6 is 11.8 Å². The first kappa shape index (κ1) is 32.3. The molecule has 260 valence electrons. The summed E-state index contributed by atoms with van der Waals surface area (Å²) in [5.41, 5.74) is 5.48. The number of piperazine rings is 1. The number of aromatic nitrogens is 1. The first-order valence-corrected chi connectivity index (χ1v) is 18.6. The molecule has 2 atom stereocenters. The average molecular weight is 706 g/mol. The highest BCUT2D eigenvalue weighted by molar-refractivity contribution is 7.99. The molecule has 0 N–H and O–H groups in total. The highest BCUT2D eigenvalue weighted by Crippen LogP contribution is 2.57. The Morgan fingerprint density at radius 1 is 0.712 bits per heavy atom. The van der Waals surface area contributed by atoms with Crippen molar-refractivity contribution in [2.24, 2.45) is 5.16 Å². The first-order chi connectivity index (χ1) is 25.6. The number of pyridine rings is 1. The molecule has 0 saturated carbocycles. The molecular formula is C43H39N5O3S. The molecule has 0 amide bonds. The number of oxime groups is 1. The number of benzene rings is 5. The first-order valence-electron chi connectivity index (χ1n) is 17.7. The van der Waals surface area contributed by atoms with E-state index in [2.05, 4.69) is 112 Å². The Morgan fingerprint density at radius 2 is 1.37 bits per heavy atom. The van der Waals surface area contributed by atoms with Gasteiger partial charge in [-0.25, -0.2) is 4.98 Å². The van der Waals surface area contributed by atoms with Crippen molar-refractivity contribution in [1.82, 2.24) is 4.98 Å². The number of fused-ring (bicyclic) bond motifs is 4. The summed E-state index contributed by atoms with van der Waals surface area (Å²) < 4.78 is 11.1. The Morgan fingerprint density at radius 3 is 2.12 bits per heavy atom. The van der Waals surface area contributed by atoms with Crippen molar-refractivity contribution in [3.05, 3.63) is 150 Å². The number of methoxy groups -OCH3 is 2. The molecule has 0 bridgehead atoms. The minimum atomic E-state index is -0.958. The van der Waals surface area contributed by atoms with Crippen LogP contribution in [0.1, 0.15) is 28.4 Å². The summed E-state index contributed by atoms with van der Waals surface area (Å²) in [6, 6.07) is 46.4. The molecule has 2 unspecified atom stereocenters. The zero-order valence-corrected chi connectivity index (χ0v) is 30.0. The van der Waals surface area contributed by atoms with Crippen LogP contribution in [0, 0.1) is 0 Å². The molecule has 9 heteroatoms. The van der Waals surface area contributed by atoms with Crippen LogP contribution in [0.5, 0.6) is 11.5 Å². The second kappa shape index (κ2) is 13.5. The van der Waals surface area contributed by atoms with E-state index in [-0.39, 0.29) is 5.25 Å². The molecule has 8 nitrogen and oxygen atoms in total. The third-order valence-electron chi connectivity index (χ3n) is 10.4. The maximum absolute atomic E-state index is 6.84. The van der Waals surface area contributed by atoms with E-state index < -0.39 is 5.72 Å². The summed E-state index contributed by atoms with van der Waals surface area (Å²) in [4.78, 5) is 20.7. The van der Waals surface area contributed by atoms with Crippen LogP contribution in [-0.4, -0.2) is 51.2 Å². The molecule has 4 heterocycles. The van der Waals surface area contributed by atoms with Gasteiger partial charge in [-0.3, -0.25) is 4.90 Å². The normalized spacial score (nSPS) is 19.7. The monoisotopic (exact) mass is 705 g/mol. The summed E-state index contributed by atoms with van der Waals surface area (Å²) in [5.74, 6) is 3.36. The zero-order chi connectivity index (χ0) is 35.1. The SMILES string of the molecule is COc1ccc(C2=NOC3(c4ccc(OC)cc4)CC(c4cc5ccccc5nc4N4CCN(c5ccccc5)CC4)Sc4ccccc4N23)cc1. The lowest BCUT2D eigenvalue weighted by molar-refractivity contribution is -0.0283. The minimum absolute atomic E-state index is 0.0297. The molecular weight excluding hydrogens is 667 g/mol. The Bertz CT molecular complexity index is 2240. The van der Waals surface area contributed by atoms with E-state index in [4.69, 9.17) is 24.5 Å². The lowest BCUT2D eigenvalue weighted by Crippen LogP contribution is -2.48. The van der Waals surface area contributed by atoms with Gasteiger partial charge in [-0.2, -0.15) is 0 Å². The fourth-order valence-corrected chi connectivity index (χ4v) is 9.02. The highest BCUT2D eigenvalue weighted by Gasteiger charge is 2.53. The Kier molecular flexibility index (Phi) is 8.35. The van der Waals surface area contributed by atoms with Crippen molar-refractivity contribution >= 4 is 45.7 Å². The Labute approximate surface area is 308 Å². The number of rotatable bonds is 7. The second-order valence-corrected chi connectivity index (χ2v) is 14.5.